The number of hydrogen-bond donors (Lipinski definition) is 0. The van der Waals surface area contributed by atoms with E-state index in [9.17, 15) is 0 Å². The predicted octanol–water partition coefficient (Wildman–Crippen LogP) is 5.74. The molecule has 0 radical (unpaired) electrons. The Hall–Kier alpha value is -0.600. The molecule has 0 fully saturated rings. The zero-order chi connectivity index (χ0) is 13.1. The molecule has 2 aromatic carbocycles. The van der Waals surface area contributed by atoms with Crippen molar-refractivity contribution in [3.63, 3.8) is 0 Å². The van der Waals surface area contributed by atoms with Crippen LogP contribution in [0.3, 0.4) is 0 Å². The van der Waals surface area contributed by atoms with Crippen molar-refractivity contribution < 1.29 is 0 Å². The third-order valence-corrected chi connectivity index (χ3v) is 4.39. The summed E-state index contributed by atoms with van der Waals surface area (Å²) in [5.74, 6) is 0. The number of hydrogen-bond acceptors (Lipinski definition) is 0. The van der Waals surface area contributed by atoms with Crippen molar-refractivity contribution in [2.45, 2.75) is 25.1 Å². The molecular weight excluding hydrogens is 352 g/mol. The van der Waals surface area contributed by atoms with Crippen LogP contribution >= 0.6 is 31.9 Å². The lowest BCUT2D eigenvalue weighted by Gasteiger charge is -2.14. The quantitative estimate of drug-likeness (QED) is 0.606. The minimum Gasteiger partial charge on any atom is -0.0835 e. The van der Waals surface area contributed by atoms with Crippen LogP contribution in [0.2, 0.25) is 0 Å². The molecule has 0 heterocycles. The van der Waals surface area contributed by atoms with Gasteiger partial charge in [0.2, 0.25) is 0 Å². The van der Waals surface area contributed by atoms with Crippen molar-refractivity contribution in [1.82, 2.24) is 0 Å². The Morgan fingerprint density at radius 2 is 1.83 bits per heavy atom. The molecule has 0 N–H and O–H groups in total. The maximum Gasteiger partial charge on any atom is 0.0438 e. The average molecular weight is 368 g/mol. The number of benzene rings is 2. The van der Waals surface area contributed by atoms with E-state index in [0.717, 1.165) is 10.9 Å². The Morgan fingerprint density at radius 1 is 1.06 bits per heavy atom. The third-order valence-electron chi connectivity index (χ3n) is 3.08. The van der Waals surface area contributed by atoms with E-state index in [-0.39, 0.29) is 0 Å². The summed E-state index contributed by atoms with van der Waals surface area (Å²) in [6.07, 6.45) is 1.01. The zero-order valence-corrected chi connectivity index (χ0v) is 13.8. The molecular formula is C16H16Br2. The summed E-state index contributed by atoms with van der Waals surface area (Å²) in [6, 6.07) is 15.1. The first-order valence-corrected chi connectivity index (χ1v) is 7.73. The maximum atomic E-state index is 3.81. The van der Waals surface area contributed by atoms with Gasteiger partial charge in [-0.25, -0.2) is 0 Å². The van der Waals surface area contributed by atoms with Gasteiger partial charge < -0.3 is 0 Å². The lowest BCUT2D eigenvalue weighted by molar-refractivity contribution is 0.935. The highest BCUT2D eigenvalue weighted by atomic mass is 79.9. The molecule has 2 heteroatoms. The topological polar surface area (TPSA) is 0 Å². The van der Waals surface area contributed by atoms with Gasteiger partial charge in [-0.1, -0.05) is 67.8 Å². The molecule has 0 aromatic heterocycles. The van der Waals surface area contributed by atoms with Crippen molar-refractivity contribution >= 4 is 31.9 Å². The molecule has 0 saturated carbocycles. The number of rotatable bonds is 3. The van der Waals surface area contributed by atoms with Gasteiger partial charge in [-0.15, -0.1) is 0 Å². The van der Waals surface area contributed by atoms with Gasteiger partial charge in [-0.3, -0.25) is 0 Å². The Balaban J connectivity index is 2.21. The van der Waals surface area contributed by atoms with Gasteiger partial charge in [-0.05, 0) is 49.1 Å². The predicted molar refractivity (Wildman–Crippen MR) is 85.4 cm³/mol. The van der Waals surface area contributed by atoms with Gasteiger partial charge in [0.15, 0.2) is 0 Å². The van der Waals surface area contributed by atoms with E-state index in [1.54, 1.807) is 0 Å². The molecule has 18 heavy (non-hydrogen) atoms. The molecule has 0 bridgehead atoms. The van der Waals surface area contributed by atoms with Crippen molar-refractivity contribution in [3.05, 3.63) is 69.2 Å². The van der Waals surface area contributed by atoms with Crippen molar-refractivity contribution in [2.75, 3.05) is 0 Å². The van der Waals surface area contributed by atoms with Crippen LogP contribution in [0.4, 0.5) is 0 Å². The highest BCUT2D eigenvalue weighted by Crippen LogP contribution is 2.31. The second-order valence-electron chi connectivity index (χ2n) is 4.66. The van der Waals surface area contributed by atoms with E-state index >= 15 is 0 Å². The first-order chi connectivity index (χ1) is 8.56. The fourth-order valence-electron chi connectivity index (χ4n) is 2.10. The monoisotopic (exact) mass is 366 g/mol. The fraction of sp³-hybridized carbons (Fsp3) is 0.250. The number of aryl methyl sites for hydroxylation is 2. The van der Waals surface area contributed by atoms with E-state index in [0.29, 0.717) is 4.83 Å². The molecule has 0 saturated heterocycles. The van der Waals surface area contributed by atoms with Crippen molar-refractivity contribution in [2.24, 2.45) is 0 Å². The molecule has 1 atom stereocenters. The molecule has 1 unspecified atom stereocenters. The van der Waals surface area contributed by atoms with Crippen LogP contribution in [-0.2, 0) is 6.42 Å². The summed E-state index contributed by atoms with van der Waals surface area (Å²) < 4.78 is 1.14. The van der Waals surface area contributed by atoms with Gasteiger partial charge in [0.05, 0.1) is 0 Å². The maximum absolute atomic E-state index is 3.81. The summed E-state index contributed by atoms with van der Waals surface area (Å²) in [4.78, 5) is 0.358. The molecule has 2 rings (SSSR count). The standard InChI is InChI=1S/C16H16Br2/c1-11-4-3-5-13(8-11)9-16(18)15-10-14(17)7-6-12(15)2/h3-8,10,16H,9H2,1-2H3. The van der Waals surface area contributed by atoms with Gasteiger partial charge in [0.25, 0.3) is 0 Å². The number of halogens is 2. The minimum atomic E-state index is 0.358. The summed E-state index contributed by atoms with van der Waals surface area (Å²) in [5, 5.41) is 0. The Bertz CT molecular complexity index is 547. The minimum absolute atomic E-state index is 0.358. The SMILES string of the molecule is Cc1cccc(CC(Br)c2cc(Br)ccc2C)c1. The normalized spacial score (nSPS) is 12.4. The molecule has 94 valence electrons. The van der Waals surface area contributed by atoms with Crippen LogP contribution in [0.5, 0.6) is 0 Å². The highest BCUT2D eigenvalue weighted by molar-refractivity contribution is 9.10. The van der Waals surface area contributed by atoms with Crippen LogP contribution in [0.15, 0.2) is 46.9 Å². The molecule has 0 aliphatic rings. The molecule has 2 aromatic rings. The van der Waals surface area contributed by atoms with E-state index in [1.165, 1.54) is 22.3 Å². The lowest BCUT2D eigenvalue weighted by atomic mass is 10.00. The van der Waals surface area contributed by atoms with Gasteiger partial charge in [0.1, 0.15) is 0 Å². The van der Waals surface area contributed by atoms with Gasteiger partial charge in [0, 0.05) is 9.30 Å². The summed E-state index contributed by atoms with van der Waals surface area (Å²) in [5.41, 5.74) is 5.37. The van der Waals surface area contributed by atoms with Crippen molar-refractivity contribution in [1.29, 1.82) is 0 Å². The van der Waals surface area contributed by atoms with Gasteiger partial charge in [-0.2, -0.15) is 0 Å². The molecule has 0 spiro atoms. The Kier molecular flexibility index (Phi) is 4.63. The van der Waals surface area contributed by atoms with Crippen LogP contribution in [0, 0.1) is 13.8 Å². The van der Waals surface area contributed by atoms with Crippen LogP contribution < -0.4 is 0 Å². The molecule has 0 aliphatic heterocycles. The first-order valence-electron chi connectivity index (χ1n) is 6.02. The average Bonchev–Trinajstić information content (AvgIpc) is 2.32. The Labute approximate surface area is 126 Å². The first kappa shape index (κ1) is 13.8. The highest BCUT2D eigenvalue weighted by Gasteiger charge is 2.11. The van der Waals surface area contributed by atoms with Crippen LogP contribution in [-0.4, -0.2) is 0 Å². The summed E-state index contributed by atoms with van der Waals surface area (Å²) >= 11 is 7.35. The fourth-order valence-corrected chi connectivity index (χ4v) is 3.35. The Morgan fingerprint density at radius 3 is 2.56 bits per heavy atom. The van der Waals surface area contributed by atoms with Gasteiger partial charge >= 0.3 is 0 Å². The summed E-state index contributed by atoms with van der Waals surface area (Å²) in [6.45, 7) is 4.30. The van der Waals surface area contributed by atoms with Crippen LogP contribution in [0.1, 0.15) is 27.1 Å². The van der Waals surface area contributed by atoms with Crippen molar-refractivity contribution in [3.8, 4) is 0 Å². The zero-order valence-electron chi connectivity index (χ0n) is 10.6. The second kappa shape index (κ2) is 6.03. The van der Waals surface area contributed by atoms with E-state index in [4.69, 9.17) is 0 Å². The lowest BCUT2D eigenvalue weighted by Crippen LogP contribution is -1.98. The largest absolute Gasteiger partial charge is 0.0835 e. The smallest absolute Gasteiger partial charge is 0.0438 e. The second-order valence-corrected chi connectivity index (χ2v) is 6.68. The number of alkyl halides is 1. The van der Waals surface area contributed by atoms with E-state index in [1.807, 2.05) is 0 Å². The van der Waals surface area contributed by atoms with E-state index < -0.39 is 0 Å². The molecule has 0 nitrogen and oxygen atoms in total. The van der Waals surface area contributed by atoms with Crippen LogP contribution in [0.25, 0.3) is 0 Å². The summed E-state index contributed by atoms with van der Waals surface area (Å²) in [7, 11) is 0. The molecule has 0 aliphatic carbocycles. The van der Waals surface area contributed by atoms with E-state index in [2.05, 4.69) is 88.2 Å². The third kappa shape index (κ3) is 3.46. The molecule has 0 amide bonds.